The Morgan fingerprint density at radius 1 is 1.09 bits per heavy atom. The molecule has 4 N–H and O–H groups in total. The molecule has 0 fully saturated rings. The van der Waals surface area contributed by atoms with Crippen LogP contribution in [0, 0.1) is 11.6 Å². The van der Waals surface area contributed by atoms with Crippen LogP contribution in [0.1, 0.15) is 48.6 Å². The lowest BCUT2D eigenvalue weighted by Crippen LogP contribution is -2.19. The van der Waals surface area contributed by atoms with Gasteiger partial charge >= 0.3 is 0 Å². The molecule has 0 radical (unpaired) electrons. The van der Waals surface area contributed by atoms with Gasteiger partial charge in [-0.2, -0.15) is 0 Å². The van der Waals surface area contributed by atoms with Gasteiger partial charge in [-0.3, -0.25) is 9.78 Å². The van der Waals surface area contributed by atoms with E-state index in [9.17, 15) is 18.7 Å². The predicted octanol–water partition coefficient (Wildman–Crippen LogP) is 5.12. The summed E-state index contributed by atoms with van der Waals surface area (Å²) in [5.74, 6) is -1.56. The normalized spacial score (nSPS) is 12.5. The maximum Gasteiger partial charge on any atom is 0.248 e. The van der Waals surface area contributed by atoms with Gasteiger partial charge in [0.1, 0.15) is 17.2 Å². The molecule has 0 saturated carbocycles. The third kappa shape index (κ3) is 4.91. The molecule has 1 amide bonds. The van der Waals surface area contributed by atoms with E-state index in [-0.39, 0.29) is 27.5 Å². The van der Waals surface area contributed by atoms with Crippen LogP contribution >= 0.6 is 11.6 Å². The van der Waals surface area contributed by atoms with Crippen LogP contribution in [0.4, 0.5) is 14.5 Å². The molecule has 7 nitrogen and oxygen atoms in total. The number of nitrogens with zero attached hydrogens (tertiary/aromatic N) is 3. The fourth-order valence-electron chi connectivity index (χ4n) is 3.66. The van der Waals surface area contributed by atoms with Crippen molar-refractivity contribution in [2.24, 2.45) is 5.73 Å². The number of aliphatic hydroxyl groups is 1. The first-order valence-corrected chi connectivity index (χ1v) is 11.0. The number of primary amides is 1. The number of amides is 1. The van der Waals surface area contributed by atoms with Crippen molar-refractivity contribution < 1.29 is 18.7 Å². The molecule has 35 heavy (non-hydrogen) atoms. The lowest BCUT2D eigenvalue weighted by molar-refractivity contribution is 0.0687. The maximum atomic E-state index is 15.0. The van der Waals surface area contributed by atoms with Crippen molar-refractivity contribution >= 4 is 34.1 Å². The number of rotatable bonds is 6. The van der Waals surface area contributed by atoms with Crippen molar-refractivity contribution in [1.29, 1.82) is 0 Å². The van der Waals surface area contributed by atoms with Crippen LogP contribution in [0.3, 0.4) is 0 Å². The van der Waals surface area contributed by atoms with E-state index >= 15 is 0 Å². The number of carbonyl (C=O) groups is 1. The third-order valence-corrected chi connectivity index (χ3v) is 5.82. The number of hydrogen-bond acceptors (Lipinski definition) is 6. The molecule has 0 aliphatic carbocycles. The molecular weight excluding hydrogens is 476 g/mol. The van der Waals surface area contributed by atoms with Gasteiger partial charge in [0.15, 0.2) is 5.82 Å². The number of pyridine rings is 1. The van der Waals surface area contributed by atoms with Crippen molar-refractivity contribution in [1.82, 2.24) is 15.0 Å². The molecule has 1 unspecified atom stereocenters. The summed E-state index contributed by atoms with van der Waals surface area (Å²) in [6, 6.07) is 6.04. The summed E-state index contributed by atoms with van der Waals surface area (Å²) < 4.78 is 29.5. The molecule has 0 spiro atoms. The number of hydrogen-bond donors (Lipinski definition) is 3. The smallest absolute Gasteiger partial charge is 0.248 e. The highest BCUT2D eigenvalue weighted by atomic mass is 35.5. The van der Waals surface area contributed by atoms with Crippen LogP contribution in [0.2, 0.25) is 5.02 Å². The fourth-order valence-corrected chi connectivity index (χ4v) is 3.87. The van der Waals surface area contributed by atoms with E-state index in [1.54, 1.807) is 26.8 Å². The number of aromatic nitrogens is 3. The second-order valence-electron chi connectivity index (χ2n) is 8.65. The number of fused-ring (bicyclic) bond motifs is 1. The fraction of sp³-hybridized carbons (Fsp3) is 0.200. The Morgan fingerprint density at radius 3 is 2.40 bits per heavy atom. The number of nitrogens with one attached hydrogen (secondary N) is 1. The minimum atomic E-state index is -1.24. The van der Waals surface area contributed by atoms with Crippen molar-refractivity contribution in [2.75, 3.05) is 5.32 Å². The highest BCUT2D eigenvalue weighted by molar-refractivity contribution is 6.34. The van der Waals surface area contributed by atoms with Crippen LogP contribution in [-0.4, -0.2) is 26.0 Å². The van der Waals surface area contributed by atoms with Crippen molar-refractivity contribution in [3.05, 3.63) is 82.5 Å². The van der Waals surface area contributed by atoms with Gasteiger partial charge in [-0.25, -0.2) is 18.7 Å². The topological polar surface area (TPSA) is 114 Å². The Kier molecular flexibility index (Phi) is 6.40. The molecule has 10 heteroatoms. The van der Waals surface area contributed by atoms with Gasteiger partial charge in [-0.15, -0.1) is 0 Å². The largest absolute Gasteiger partial charge is 0.382 e. The van der Waals surface area contributed by atoms with Gasteiger partial charge in [0.05, 0.1) is 22.3 Å². The molecule has 4 aromatic rings. The van der Waals surface area contributed by atoms with Crippen molar-refractivity contribution in [2.45, 2.75) is 32.4 Å². The van der Waals surface area contributed by atoms with Crippen LogP contribution in [0.15, 0.2) is 48.9 Å². The second-order valence-corrected chi connectivity index (χ2v) is 9.06. The van der Waals surface area contributed by atoms with Crippen molar-refractivity contribution in [3.63, 3.8) is 0 Å². The Morgan fingerprint density at radius 2 is 1.77 bits per heavy atom. The minimum absolute atomic E-state index is 0.166. The number of anilines is 1. The SMILES string of the molecule is CC(Nc1c(Cl)cnc2cc(F)c(-c3cnc(C(C)(C)O)nc3)cc12)c1cc(C(N)=O)ccc1F. The first kappa shape index (κ1) is 24.4. The zero-order chi connectivity index (χ0) is 25.5. The maximum absolute atomic E-state index is 15.0. The molecule has 180 valence electrons. The predicted molar refractivity (Wildman–Crippen MR) is 130 cm³/mol. The molecule has 0 aliphatic heterocycles. The Balaban J connectivity index is 1.78. The summed E-state index contributed by atoms with van der Waals surface area (Å²) in [4.78, 5) is 24.0. The molecule has 2 aromatic carbocycles. The first-order chi connectivity index (χ1) is 16.5. The standard InChI is InChI=1S/C25H22ClF2N5O2/c1-12(15-6-13(23(29)34)4-5-19(15)27)33-22-17-7-16(20(28)8-21(17)30-11-18(22)26)14-9-31-24(32-10-14)25(2,3)35/h4-12,35H,1-3H3,(H2,29,34)(H,30,33). The van der Waals surface area contributed by atoms with E-state index < -0.39 is 29.2 Å². The molecular formula is C25H22ClF2N5O2. The van der Waals surface area contributed by atoms with E-state index in [2.05, 4.69) is 20.3 Å². The minimum Gasteiger partial charge on any atom is -0.382 e. The van der Waals surface area contributed by atoms with Gasteiger partial charge in [0.2, 0.25) is 5.91 Å². The van der Waals surface area contributed by atoms with Crippen LogP contribution < -0.4 is 11.1 Å². The van der Waals surface area contributed by atoms with Crippen LogP contribution in [0.25, 0.3) is 22.0 Å². The lowest BCUT2D eigenvalue weighted by Gasteiger charge is -2.20. The molecule has 0 bridgehead atoms. The average Bonchev–Trinajstić information content (AvgIpc) is 2.80. The molecule has 1 atom stereocenters. The Bertz CT molecular complexity index is 1440. The van der Waals surface area contributed by atoms with E-state index in [0.717, 1.165) is 0 Å². The van der Waals surface area contributed by atoms with Gasteiger partial charge < -0.3 is 16.2 Å². The summed E-state index contributed by atoms with van der Waals surface area (Å²) in [6.45, 7) is 4.79. The van der Waals surface area contributed by atoms with Gasteiger partial charge in [0, 0.05) is 52.3 Å². The molecule has 2 aromatic heterocycles. The van der Waals surface area contributed by atoms with E-state index in [0.29, 0.717) is 22.2 Å². The molecule has 0 aliphatic rings. The van der Waals surface area contributed by atoms with E-state index in [1.807, 2.05) is 0 Å². The Hall–Kier alpha value is -3.69. The molecule has 2 heterocycles. The summed E-state index contributed by atoms with van der Waals surface area (Å²) >= 11 is 6.43. The molecule has 0 saturated heterocycles. The number of nitrogens with two attached hydrogens (primary N) is 1. The van der Waals surface area contributed by atoms with E-state index in [4.69, 9.17) is 17.3 Å². The number of halogens is 3. The van der Waals surface area contributed by atoms with Gasteiger partial charge in [-0.1, -0.05) is 11.6 Å². The first-order valence-electron chi connectivity index (χ1n) is 10.6. The van der Waals surface area contributed by atoms with Crippen LogP contribution in [-0.2, 0) is 5.60 Å². The quantitative estimate of drug-likeness (QED) is 0.340. The van der Waals surface area contributed by atoms with Gasteiger partial charge in [-0.05, 0) is 45.0 Å². The summed E-state index contributed by atoms with van der Waals surface area (Å²) in [5.41, 5.74) is 5.78. The van der Waals surface area contributed by atoms with Crippen molar-refractivity contribution in [3.8, 4) is 11.1 Å². The highest BCUT2D eigenvalue weighted by Crippen LogP contribution is 2.36. The molecule has 4 rings (SSSR count). The summed E-state index contributed by atoms with van der Waals surface area (Å²) in [5, 5.41) is 14.0. The number of benzene rings is 2. The second kappa shape index (κ2) is 9.16. The third-order valence-electron chi connectivity index (χ3n) is 5.53. The highest BCUT2D eigenvalue weighted by Gasteiger charge is 2.21. The van der Waals surface area contributed by atoms with Crippen LogP contribution in [0.5, 0.6) is 0 Å². The monoisotopic (exact) mass is 497 g/mol. The average molecular weight is 498 g/mol. The number of carbonyl (C=O) groups excluding carboxylic acids is 1. The zero-order valence-corrected chi connectivity index (χ0v) is 19.9. The Labute approximate surface area is 205 Å². The summed E-state index contributed by atoms with van der Waals surface area (Å²) in [6.07, 6.45) is 4.21. The van der Waals surface area contributed by atoms with Gasteiger partial charge in [0.25, 0.3) is 0 Å². The van der Waals surface area contributed by atoms with E-state index in [1.165, 1.54) is 42.9 Å². The lowest BCUT2D eigenvalue weighted by atomic mass is 10.0. The summed E-state index contributed by atoms with van der Waals surface area (Å²) in [7, 11) is 0. The zero-order valence-electron chi connectivity index (χ0n) is 19.1.